The second-order valence-electron chi connectivity index (χ2n) is 17.8. The Morgan fingerprint density at radius 1 is 1.05 bits per heavy atom. The Morgan fingerprint density at radius 3 is 2.34 bits per heavy atom. The molecule has 0 aromatic heterocycles. The van der Waals surface area contributed by atoms with Crippen molar-refractivity contribution in [2.24, 2.45) is 29.1 Å². The zero-order chi connectivity index (χ0) is 42.6. The maximum Gasteiger partial charge on any atom is 0.251 e. The summed E-state index contributed by atoms with van der Waals surface area (Å²) in [5.74, 6) is -0.644. The summed E-state index contributed by atoms with van der Waals surface area (Å²) in [7, 11) is 9.19. The van der Waals surface area contributed by atoms with Crippen molar-refractivity contribution in [2.45, 2.75) is 91.3 Å². The number of nitrogens with one attached hydrogen (secondary N) is 2. The van der Waals surface area contributed by atoms with Gasteiger partial charge in [-0.05, 0) is 98.5 Å². The molecule has 3 aromatic rings. The van der Waals surface area contributed by atoms with E-state index in [0.29, 0.717) is 52.8 Å². The molecule has 1 saturated carbocycles. The number of carbonyl (C=O) groups excluding carboxylic acids is 2. The number of anilines is 1. The number of ether oxygens (including phenoxy) is 1. The highest BCUT2D eigenvalue weighted by Gasteiger charge is 2.51. The van der Waals surface area contributed by atoms with Gasteiger partial charge in [-0.15, -0.1) is 0 Å². The lowest BCUT2D eigenvalue weighted by Crippen LogP contribution is -2.56. The summed E-state index contributed by atoms with van der Waals surface area (Å²) >= 11 is 0. The Morgan fingerprint density at radius 2 is 1.74 bits per heavy atom. The Labute approximate surface area is 344 Å². The van der Waals surface area contributed by atoms with Gasteiger partial charge >= 0.3 is 0 Å². The molecule has 1 aliphatic heterocycles. The molecule has 12 heteroatoms. The quantitative estimate of drug-likeness (QED) is 0.152. The fourth-order valence-corrected chi connectivity index (χ4v) is 9.02. The molecule has 3 aromatic carbocycles. The van der Waals surface area contributed by atoms with Crippen LogP contribution >= 0.6 is 0 Å². The van der Waals surface area contributed by atoms with Gasteiger partial charge in [0, 0.05) is 61.0 Å². The summed E-state index contributed by atoms with van der Waals surface area (Å²) in [4.78, 5) is 38.6. The number of halogens is 1. The van der Waals surface area contributed by atoms with Crippen LogP contribution in [0.3, 0.4) is 0 Å². The number of hydroxylamine groups is 2. The van der Waals surface area contributed by atoms with Gasteiger partial charge in [-0.1, -0.05) is 65.0 Å². The standard InChI is InChI=1S/C46H66FN5O6/c1-27-17-39(28(2)29(3)46(27,5)6)49-45(56)42-41(30(4)54)40(26-53)58-52(42)24-34-20-35(47)23-38(43(34)57-11)32-19-33(22-37(21-32)51(9)10)44(55)48-36(25-50(7)8)18-31-15-13-12-14-16-31/h12-16,19-23,27-30,36,39-42,53-54H,17-18,24-26H2,1-11H3,(H,48,55)(H,49,56)/t27-,28+,29+,30+,36+,39+,40+,41-,42+/m1/s1. The molecule has 2 amide bonds. The minimum Gasteiger partial charge on any atom is -0.496 e. The minimum absolute atomic E-state index is 0.0851. The third kappa shape index (κ3) is 10.0. The van der Waals surface area contributed by atoms with Crippen LogP contribution in [0.4, 0.5) is 10.1 Å². The van der Waals surface area contributed by atoms with Crippen LogP contribution in [0.5, 0.6) is 5.75 Å². The second-order valence-corrected chi connectivity index (χ2v) is 17.8. The molecule has 2 fully saturated rings. The Kier molecular flexibility index (Phi) is 14.7. The van der Waals surface area contributed by atoms with Crippen molar-refractivity contribution >= 4 is 17.5 Å². The van der Waals surface area contributed by atoms with Gasteiger partial charge in [-0.25, -0.2) is 4.39 Å². The summed E-state index contributed by atoms with van der Waals surface area (Å²) in [5, 5.41) is 29.4. The number of methoxy groups -OCH3 is 1. The molecular formula is C46H66FN5O6. The molecule has 9 atom stereocenters. The summed E-state index contributed by atoms with van der Waals surface area (Å²) < 4.78 is 21.9. The van der Waals surface area contributed by atoms with Gasteiger partial charge < -0.3 is 35.4 Å². The number of likely N-dealkylation sites (N-methyl/N-ethyl adjacent to an activating group) is 1. The van der Waals surface area contributed by atoms with Crippen molar-refractivity contribution < 1.29 is 33.8 Å². The third-order valence-corrected chi connectivity index (χ3v) is 13.1. The first kappa shape index (κ1) is 45.0. The highest BCUT2D eigenvalue weighted by molar-refractivity contribution is 5.97. The van der Waals surface area contributed by atoms with Crippen LogP contribution in [-0.4, -0.2) is 111 Å². The molecule has 0 radical (unpaired) electrons. The number of aliphatic hydroxyl groups excluding tert-OH is 2. The van der Waals surface area contributed by atoms with E-state index in [1.54, 1.807) is 13.0 Å². The van der Waals surface area contributed by atoms with Gasteiger partial charge in [-0.3, -0.25) is 14.4 Å². The Balaban J connectivity index is 1.49. The Bertz CT molecular complexity index is 1870. The molecule has 0 spiro atoms. The third-order valence-electron chi connectivity index (χ3n) is 13.1. The van der Waals surface area contributed by atoms with E-state index in [1.165, 1.54) is 24.3 Å². The van der Waals surface area contributed by atoms with Gasteiger partial charge in [0.25, 0.3) is 5.91 Å². The van der Waals surface area contributed by atoms with Gasteiger partial charge in [0.15, 0.2) is 0 Å². The van der Waals surface area contributed by atoms with Crippen molar-refractivity contribution in [1.82, 2.24) is 20.6 Å². The number of hydrogen-bond donors (Lipinski definition) is 4. The SMILES string of the molecule is COc1c(CN2O[C@@H](CO)[C@@H]([C@H](C)O)[C@H]2C(=O)N[C@H]2C[C@@H](C)C(C)(C)[C@@H](C)[C@@H]2C)cc(F)cc1-c1cc(C(=O)N[C@@H](Cc2ccccc2)CN(C)C)cc(N(C)C)c1. The lowest BCUT2D eigenvalue weighted by atomic mass is 9.58. The lowest BCUT2D eigenvalue weighted by molar-refractivity contribution is -0.182. The van der Waals surface area contributed by atoms with Crippen molar-refractivity contribution in [2.75, 3.05) is 53.4 Å². The number of nitrogens with zero attached hydrogens (tertiary/aromatic N) is 3. The first-order chi connectivity index (χ1) is 27.4. The maximum absolute atomic E-state index is 15.8. The van der Waals surface area contributed by atoms with Crippen molar-refractivity contribution in [3.05, 3.63) is 83.2 Å². The predicted octanol–water partition coefficient (Wildman–Crippen LogP) is 5.77. The van der Waals surface area contributed by atoms with E-state index in [-0.39, 0.29) is 41.8 Å². The Hall–Kier alpha value is -4.07. The molecule has 318 valence electrons. The van der Waals surface area contributed by atoms with Crippen LogP contribution in [0.25, 0.3) is 11.1 Å². The number of carbonyl (C=O) groups is 2. The summed E-state index contributed by atoms with van der Waals surface area (Å²) in [6.07, 6.45) is -0.415. The fraction of sp³-hybridized carbons (Fsp3) is 0.565. The molecule has 11 nitrogen and oxygen atoms in total. The number of hydrogen-bond acceptors (Lipinski definition) is 9. The predicted molar refractivity (Wildman–Crippen MR) is 227 cm³/mol. The fourth-order valence-electron chi connectivity index (χ4n) is 9.02. The van der Waals surface area contributed by atoms with Gasteiger partial charge in [0.2, 0.25) is 5.91 Å². The zero-order valence-corrected chi connectivity index (χ0v) is 36.3. The molecule has 0 bridgehead atoms. The highest BCUT2D eigenvalue weighted by Crippen LogP contribution is 2.48. The minimum atomic E-state index is -0.994. The van der Waals surface area contributed by atoms with Crippen LogP contribution in [0.2, 0.25) is 0 Å². The van der Waals surface area contributed by atoms with Crippen LogP contribution in [-0.2, 0) is 22.6 Å². The maximum atomic E-state index is 15.8. The first-order valence-corrected chi connectivity index (χ1v) is 20.6. The molecule has 0 unspecified atom stereocenters. The van der Waals surface area contributed by atoms with E-state index >= 15 is 4.39 Å². The van der Waals surface area contributed by atoms with Gasteiger partial charge in [-0.2, -0.15) is 5.06 Å². The lowest BCUT2D eigenvalue weighted by Gasteiger charge is -2.50. The summed E-state index contributed by atoms with van der Waals surface area (Å²) in [6.45, 7) is 12.9. The van der Waals surface area contributed by atoms with Crippen molar-refractivity contribution in [1.29, 1.82) is 0 Å². The smallest absolute Gasteiger partial charge is 0.251 e. The van der Waals surface area contributed by atoms with Crippen molar-refractivity contribution in [3.8, 4) is 16.9 Å². The van der Waals surface area contributed by atoms with E-state index in [9.17, 15) is 19.8 Å². The first-order valence-electron chi connectivity index (χ1n) is 20.6. The van der Waals surface area contributed by atoms with Crippen LogP contribution in [0, 0.1) is 34.9 Å². The number of rotatable bonds is 15. The number of benzene rings is 3. The zero-order valence-electron chi connectivity index (χ0n) is 36.3. The topological polar surface area (TPSA) is 127 Å². The molecule has 1 heterocycles. The molecular weight excluding hydrogens is 738 g/mol. The average Bonchev–Trinajstić information content (AvgIpc) is 3.54. The monoisotopic (exact) mass is 803 g/mol. The molecule has 2 aliphatic rings. The van der Waals surface area contributed by atoms with E-state index in [0.717, 1.165) is 17.7 Å². The van der Waals surface area contributed by atoms with Crippen molar-refractivity contribution in [3.63, 3.8) is 0 Å². The van der Waals surface area contributed by atoms with Crippen LogP contribution in [0.1, 0.15) is 69.4 Å². The highest BCUT2D eigenvalue weighted by atomic mass is 19.1. The second kappa shape index (κ2) is 18.9. The normalized spacial score (nSPS) is 25.6. The van der Waals surface area contributed by atoms with E-state index < -0.39 is 36.6 Å². The number of amides is 2. The molecule has 1 saturated heterocycles. The van der Waals surface area contributed by atoms with E-state index in [1.807, 2.05) is 80.5 Å². The van der Waals surface area contributed by atoms with Crippen LogP contribution < -0.4 is 20.3 Å². The average molecular weight is 804 g/mol. The van der Waals surface area contributed by atoms with Crippen LogP contribution in [0.15, 0.2) is 60.7 Å². The van der Waals surface area contributed by atoms with Gasteiger partial charge in [0.1, 0.15) is 23.7 Å². The molecule has 1 aliphatic carbocycles. The van der Waals surface area contributed by atoms with E-state index in [2.05, 4.69) is 45.3 Å². The molecule has 4 N–H and O–H groups in total. The largest absolute Gasteiger partial charge is 0.496 e. The van der Waals surface area contributed by atoms with Gasteiger partial charge in [0.05, 0.1) is 26.4 Å². The molecule has 58 heavy (non-hydrogen) atoms. The number of aliphatic hydroxyl groups is 2. The summed E-state index contributed by atoms with van der Waals surface area (Å²) in [5.41, 5.74) is 3.72. The summed E-state index contributed by atoms with van der Waals surface area (Å²) in [6, 6.07) is 16.9. The molecule has 5 rings (SSSR count). The van der Waals surface area contributed by atoms with E-state index in [4.69, 9.17) is 9.57 Å².